The third-order valence-electron chi connectivity index (χ3n) is 2.59. The molecule has 1 aromatic heterocycles. The van der Waals surface area contributed by atoms with E-state index in [1.807, 2.05) is 36.4 Å². The van der Waals surface area contributed by atoms with Crippen LogP contribution in [0.2, 0.25) is 0 Å². The highest BCUT2D eigenvalue weighted by molar-refractivity contribution is 6.16. The molecule has 0 saturated heterocycles. The second-order valence-electron chi connectivity index (χ2n) is 3.85. The largest absolute Gasteiger partial charge is 0.417 e. The normalized spacial score (nSPS) is 10.7. The van der Waals surface area contributed by atoms with Crippen LogP contribution >= 0.6 is 11.6 Å². The molecule has 1 heterocycles. The molecule has 4 heteroatoms. The molecule has 3 rings (SSSR count). The fourth-order valence-corrected chi connectivity index (χ4v) is 1.85. The lowest BCUT2D eigenvalue weighted by molar-refractivity contribution is 0.331. The first-order valence-electron chi connectivity index (χ1n) is 5.52. The summed E-state index contributed by atoms with van der Waals surface area (Å²) in [5.74, 6) is 1.00. The van der Waals surface area contributed by atoms with Gasteiger partial charge in [-0.05, 0) is 22.9 Å². The van der Waals surface area contributed by atoms with Gasteiger partial charge in [0.25, 0.3) is 0 Å². The van der Waals surface area contributed by atoms with Crippen LogP contribution in [0.4, 0.5) is 0 Å². The van der Waals surface area contributed by atoms with Crippen molar-refractivity contribution in [1.82, 2.24) is 4.98 Å². The number of benzene rings is 2. The molecule has 0 radical (unpaired) electrons. The summed E-state index contributed by atoms with van der Waals surface area (Å²) in [5.41, 5.74) is 0.660. The zero-order valence-electron chi connectivity index (χ0n) is 9.47. The molecule has 3 aromatic rings. The Labute approximate surface area is 109 Å². The van der Waals surface area contributed by atoms with Crippen molar-refractivity contribution >= 4 is 22.4 Å². The Morgan fingerprint density at radius 3 is 2.72 bits per heavy atom. The van der Waals surface area contributed by atoms with Crippen LogP contribution in [0, 0.1) is 0 Å². The van der Waals surface area contributed by atoms with Crippen LogP contribution in [-0.4, -0.2) is 4.98 Å². The number of rotatable bonds is 3. The number of alkyl halides is 1. The van der Waals surface area contributed by atoms with Crippen LogP contribution in [0.1, 0.15) is 5.69 Å². The number of aromatic nitrogens is 1. The molecule has 0 bridgehead atoms. The third-order valence-corrected chi connectivity index (χ3v) is 2.87. The van der Waals surface area contributed by atoms with E-state index in [-0.39, 0.29) is 6.08 Å². The Hall–Kier alpha value is -2.00. The zero-order valence-corrected chi connectivity index (χ0v) is 10.2. The fraction of sp³-hybridized carbons (Fsp3) is 0.0714. The number of hydrogen-bond donors (Lipinski definition) is 0. The van der Waals surface area contributed by atoms with Gasteiger partial charge in [-0.15, -0.1) is 11.6 Å². The number of ether oxygens (including phenoxy) is 1. The van der Waals surface area contributed by atoms with Crippen molar-refractivity contribution < 1.29 is 9.15 Å². The maximum absolute atomic E-state index is 5.64. The molecule has 90 valence electrons. The van der Waals surface area contributed by atoms with Crippen LogP contribution in [0.5, 0.6) is 11.8 Å². The maximum atomic E-state index is 5.64. The molecule has 18 heavy (non-hydrogen) atoms. The molecule has 0 unspecified atom stereocenters. The van der Waals surface area contributed by atoms with Crippen molar-refractivity contribution in [3.63, 3.8) is 0 Å². The summed E-state index contributed by atoms with van der Waals surface area (Å²) >= 11 is 5.64. The molecule has 0 aliphatic heterocycles. The molecular formula is C14H10ClNO2. The molecule has 0 amide bonds. The van der Waals surface area contributed by atoms with Gasteiger partial charge in [-0.3, -0.25) is 0 Å². The second kappa shape index (κ2) is 4.70. The first-order chi connectivity index (χ1) is 8.85. The van der Waals surface area contributed by atoms with Gasteiger partial charge in [-0.25, -0.2) is 0 Å². The second-order valence-corrected chi connectivity index (χ2v) is 4.12. The Morgan fingerprint density at radius 1 is 1.11 bits per heavy atom. The number of nitrogens with zero attached hydrogens (tertiary/aromatic N) is 1. The average Bonchev–Trinajstić information content (AvgIpc) is 2.86. The lowest BCUT2D eigenvalue weighted by Gasteiger charge is -2.02. The van der Waals surface area contributed by atoms with Crippen LogP contribution in [0.15, 0.2) is 53.1 Å². The van der Waals surface area contributed by atoms with Crippen molar-refractivity contribution in [1.29, 1.82) is 0 Å². The predicted molar refractivity (Wildman–Crippen MR) is 70.1 cm³/mol. The van der Waals surface area contributed by atoms with E-state index in [2.05, 4.69) is 11.1 Å². The van der Waals surface area contributed by atoms with Crippen molar-refractivity contribution in [3.05, 3.63) is 54.4 Å². The molecule has 3 nitrogen and oxygen atoms in total. The van der Waals surface area contributed by atoms with Gasteiger partial charge in [0.05, 0.1) is 11.6 Å². The van der Waals surface area contributed by atoms with Crippen molar-refractivity contribution in [2.24, 2.45) is 0 Å². The molecule has 0 N–H and O–H groups in total. The predicted octanol–water partition coefficient (Wildman–Crippen LogP) is 4.36. The number of oxazole rings is 1. The highest BCUT2D eigenvalue weighted by atomic mass is 35.5. The van der Waals surface area contributed by atoms with E-state index < -0.39 is 0 Å². The average molecular weight is 260 g/mol. The summed E-state index contributed by atoms with van der Waals surface area (Å²) < 4.78 is 10.7. The first kappa shape index (κ1) is 11.1. The molecular weight excluding hydrogens is 250 g/mol. The topological polar surface area (TPSA) is 35.3 Å². The minimum Gasteiger partial charge on any atom is -0.417 e. The number of fused-ring (bicyclic) bond motifs is 1. The van der Waals surface area contributed by atoms with Gasteiger partial charge in [0, 0.05) is 0 Å². The Morgan fingerprint density at radius 2 is 1.94 bits per heavy atom. The van der Waals surface area contributed by atoms with E-state index in [0.717, 1.165) is 5.39 Å². The fourth-order valence-electron chi connectivity index (χ4n) is 1.73. The van der Waals surface area contributed by atoms with E-state index in [1.54, 1.807) is 0 Å². The van der Waals surface area contributed by atoms with Crippen molar-refractivity contribution in [2.45, 2.75) is 5.88 Å². The summed E-state index contributed by atoms with van der Waals surface area (Å²) in [6, 6.07) is 13.9. The summed E-state index contributed by atoms with van der Waals surface area (Å²) in [6.07, 6.45) is 1.70. The maximum Gasteiger partial charge on any atom is 0.399 e. The van der Waals surface area contributed by atoms with Gasteiger partial charge >= 0.3 is 6.08 Å². The van der Waals surface area contributed by atoms with Crippen LogP contribution < -0.4 is 4.74 Å². The Kier molecular flexibility index (Phi) is 2.90. The molecule has 0 spiro atoms. The van der Waals surface area contributed by atoms with Gasteiger partial charge in [0.2, 0.25) is 0 Å². The summed E-state index contributed by atoms with van der Waals surface area (Å²) in [4.78, 5) is 4.08. The van der Waals surface area contributed by atoms with Gasteiger partial charge in [0.1, 0.15) is 12.0 Å². The monoisotopic (exact) mass is 259 g/mol. The van der Waals surface area contributed by atoms with Crippen LogP contribution in [0.3, 0.4) is 0 Å². The minimum atomic E-state index is 0.209. The van der Waals surface area contributed by atoms with Gasteiger partial charge in [-0.2, -0.15) is 4.98 Å². The summed E-state index contributed by atoms with van der Waals surface area (Å²) in [7, 11) is 0. The first-order valence-corrected chi connectivity index (χ1v) is 6.05. The standard InChI is InChI=1S/C14H10ClNO2/c15-8-12-9-17-14(16-12)18-13-6-5-10-3-1-2-4-11(10)7-13/h1-7,9H,8H2. The smallest absolute Gasteiger partial charge is 0.399 e. The van der Waals surface area contributed by atoms with Crippen LogP contribution in [0.25, 0.3) is 10.8 Å². The molecule has 0 atom stereocenters. The van der Waals surface area contributed by atoms with E-state index in [4.69, 9.17) is 20.8 Å². The molecule has 0 saturated carbocycles. The van der Waals surface area contributed by atoms with E-state index in [9.17, 15) is 0 Å². The SMILES string of the molecule is ClCc1coc(Oc2ccc3ccccc3c2)n1. The quantitative estimate of drug-likeness (QED) is 0.656. The minimum absolute atomic E-state index is 0.209. The summed E-state index contributed by atoms with van der Waals surface area (Å²) in [5, 5.41) is 2.28. The summed E-state index contributed by atoms with van der Waals surface area (Å²) in [6.45, 7) is 0. The van der Waals surface area contributed by atoms with Gasteiger partial charge in [0.15, 0.2) is 0 Å². The van der Waals surface area contributed by atoms with Crippen LogP contribution in [-0.2, 0) is 5.88 Å². The van der Waals surface area contributed by atoms with Crippen molar-refractivity contribution in [3.8, 4) is 11.8 Å². The van der Waals surface area contributed by atoms with Crippen molar-refractivity contribution in [2.75, 3.05) is 0 Å². The molecule has 0 aliphatic carbocycles. The van der Waals surface area contributed by atoms with Gasteiger partial charge in [-0.1, -0.05) is 30.3 Å². The lowest BCUT2D eigenvalue weighted by atomic mass is 10.1. The molecule has 2 aromatic carbocycles. The highest BCUT2D eigenvalue weighted by Gasteiger charge is 2.05. The third kappa shape index (κ3) is 2.17. The molecule has 0 aliphatic rings. The molecule has 0 fully saturated rings. The van der Waals surface area contributed by atoms with E-state index >= 15 is 0 Å². The number of hydrogen-bond acceptors (Lipinski definition) is 3. The zero-order chi connectivity index (χ0) is 12.4. The highest BCUT2D eigenvalue weighted by Crippen LogP contribution is 2.25. The van der Waals surface area contributed by atoms with Gasteiger partial charge < -0.3 is 9.15 Å². The Bertz CT molecular complexity index is 678. The van der Waals surface area contributed by atoms with E-state index in [0.29, 0.717) is 17.3 Å². The van der Waals surface area contributed by atoms with E-state index in [1.165, 1.54) is 11.6 Å². The number of halogens is 1. The Balaban J connectivity index is 1.90. The lowest BCUT2D eigenvalue weighted by Crippen LogP contribution is -1.85.